The zero-order valence-corrected chi connectivity index (χ0v) is 20.8. The van der Waals surface area contributed by atoms with Crippen molar-refractivity contribution in [3.8, 4) is 0 Å². The lowest BCUT2D eigenvalue weighted by Gasteiger charge is -2.39. The van der Waals surface area contributed by atoms with Crippen LogP contribution in [0, 0.1) is 11.6 Å². The third-order valence-electron chi connectivity index (χ3n) is 6.75. The van der Waals surface area contributed by atoms with Crippen LogP contribution in [0.3, 0.4) is 0 Å². The summed E-state index contributed by atoms with van der Waals surface area (Å²) in [5.74, 6) is -2.55. The number of halogens is 4. The predicted octanol–water partition coefficient (Wildman–Crippen LogP) is 3.16. The Morgan fingerprint density at radius 2 is 1.78 bits per heavy atom. The van der Waals surface area contributed by atoms with Crippen molar-refractivity contribution in [3.63, 3.8) is 0 Å². The van der Waals surface area contributed by atoms with E-state index in [4.69, 9.17) is 4.74 Å². The van der Waals surface area contributed by atoms with E-state index < -0.39 is 50.4 Å². The molecule has 1 amide bonds. The molecule has 3 aliphatic heterocycles. The van der Waals surface area contributed by atoms with Crippen LogP contribution >= 0.6 is 0 Å². The molecular formula is C23H28F4N4O4S. The lowest BCUT2D eigenvalue weighted by Crippen LogP contribution is -2.47. The molecule has 0 spiro atoms. The SMILES string of the molecule is CCC1=C(N2CCC(N3CCC(Nc4c(F)cc(S(C)(=O)=O)cc4F)C3=O)CC2)N=C(C(F)F)OC1. The number of hydrogen-bond donors (Lipinski definition) is 1. The van der Waals surface area contributed by atoms with Gasteiger partial charge in [-0.25, -0.2) is 17.2 Å². The van der Waals surface area contributed by atoms with Crippen molar-refractivity contribution in [2.24, 2.45) is 4.99 Å². The average Bonchev–Trinajstić information content (AvgIpc) is 3.20. The number of aliphatic imine (C=N–C) groups is 1. The highest BCUT2D eigenvalue weighted by atomic mass is 32.2. The summed E-state index contributed by atoms with van der Waals surface area (Å²) in [7, 11) is -3.79. The van der Waals surface area contributed by atoms with Gasteiger partial charge in [-0.2, -0.15) is 13.8 Å². The van der Waals surface area contributed by atoms with E-state index in [9.17, 15) is 30.8 Å². The van der Waals surface area contributed by atoms with Crippen LogP contribution in [-0.2, 0) is 19.4 Å². The Balaban J connectivity index is 1.40. The molecule has 36 heavy (non-hydrogen) atoms. The largest absolute Gasteiger partial charge is 0.472 e. The van der Waals surface area contributed by atoms with Gasteiger partial charge in [-0.3, -0.25) is 4.79 Å². The molecule has 4 rings (SSSR count). The molecule has 2 saturated heterocycles. The number of amides is 1. The first-order chi connectivity index (χ1) is 17.0. The van der Waals surface area contributed by atoms with Gasteiger partial charge in [0.25, 0.3) is 5.90 Å². The molecular weight excluding hydrogens is 504 g/mol. The molecule has 1 unspecified atom stereocenters. The molecule has 198 valence electrons. The number of nitrogens with zero attached hydrogens (tertiary/aromatic N) is 3. The van der Waals surface area contributed by atoms with E-state index >= 15 is 0 Å². The number of hydrogen-bond acceptors (Lipinski definition) is 7. The molecule has 0 aromatic heterocycles. The van der Waals surface area contributed by atoms with Crippen molar-refractivity contribution in [3.05, 3.63) is 35.2 Å². The van der Waals surface area contributed by atoms with Crippen molar-refractivity contribution < 1.29 is 35.5 Å². The summed E-state index contributed by atoms with van der Waals surface area (Å²) in [4.78, 5) is 20.2. The Morgan fingerprint density at radius 3 is 2.33 bits per heavy atom. The van der Waals surface area contributed by atoms with Gasteiger partial charge in [-0.05, 0) is 37.8 Å². The minimum atomic E-state index is -3.79. The van der Waals surface area contributed by atoms with Gasteiger partial charge in [0.15, 0.2) is 21.5 Å². The van der Waals surface area contributed by atoms with Crippen LogP contribution in [-0.4, -0.2) is 81.0 Å². The van der Waals surface area contributed by atoms with Crippen molar-refractivity contribution in [2.75, 3.05) is 37.8 Å². The number of carbonyl (C=O) groups is 1. The molecule has 3 aliphatic rings. The Kier molecular flexibility index (Phi) is 7.48. The molecule has 1 N–H and O–H groups in total. The summed E-state index contributed by atoms with van der Waals surface area (Å²) in [6.07, 6.45) is 0.182. The minimum absolute atomic E-state index is 0.0746. The first-order valence-corrected chi connectivity index (χ1v) is 13.6. The fourth-order valence-electron chi connectivity index (χ4n) is 4.77. The van der Waals surface area contributed by atoms with Crippen molar-refractivity contribution in [1.29, 1.82) is 0 Å². The second-order valence-corrected chi connectivity index (χ2v) is 11.1. The fraction of sp³-hybridized carbons (Fsp3) is 0.565. The molecule has 13 heteroatoms. The highest BCUT2D eigenvalue weighted by molar-refractivity contribution is 7.90. The molecule has 0 radical (unpaired) electrons. The van der Waals surface area contributed by atoms with E-state index in [-0.39, 0.29) is 18.6 Å². The van der Waals surface area contributed by atoms with Crippen LogP contribution in [0.4, 0.5) is 23.2 Å². The summed E-state index contributed by atoms with van der Waals surface area (Å²) in [5, 5.41) is 2.61. The summed E-state index contributed by atoms with van der Waals surface area (Å²) >= 11 is 0. The highest BCUT2D eigenvalue weighted by Gasteiger charge is 2.38. The molecule has 0 bridgehead atoms. The van der Waals surface area contributed by atoms with Crippen LogP contribution in [0.1, 0.15) is 32.6 Å². The summed E-state index contributed by atoms with van der Waals surface area (Å²) in [5.41, 5.74) is 0.300. The Bertz CT molecular complexity index is 1170. The van der Waals surface area contributed by atoms with Crippen LogP contribution < -0.4 is 5.32 Å². The molecule has 0 aliphatic carbocycles. The maximum Gasteiger partial charge on any atom is 0.312 e. The van der Waals surface area contributed by atoms with Crippen LogP contribution in [0.2, 0.25) is 0 Å². The maximum absolute atomic E-state index is 14.5. The molecule has 0 saturated carbocycles. The van der Waals surface area contributed by atoms with Gasteiger partial charge in [0.1, 0.15) is 24.2 Å². The number of alkyl halides is 2. The number of piperidine rings is 1. The number of benzene rings is 1. The zero-order valence-electron chi connectivity index (χ0n) is 19.9. The van der Waals surface area contributed by atoms with Crippen LogP contribution in [0.15, 0.2) is 33.4 Å². The number of ether oxygens (including phenoxy) is 1. The fourth-order valence-corrected chi connectivity index (χ4v) is 5.41. The average molecular weight is 533 g/mol. The Hall–Kier alpha value is -2.83. The Labute approximate surface area is 206 Å². The molecule has 2 fully saturated rings. The van der Waals surface area contributed by atoms with Crippen molar-refractivity contribution >= 4 is 27.3 Å². The standard InChI is InChI=1S/C23H28F4N4O4S/c1-3-13-12-35-22(20(26)27)29-21(13)30-7-4-14(5-8-30)31-9-6-18(23(31)32)28-19-16(24)10-15(11-17(19)25)36(2,33)34/h10-11,14,18,20,28H,3-9,12H2,1-2H3. The van der Waals surface area contributed by atoms with Crippen molar-refractivity contribution in [2.45, 2.75) is 56.0 Å². The molecule has 3 heterocycles. The van der Waals surface area contributed by atoms with E-state index in [2.05, 4.69) is 10.3 Å². The summed E-state index contributed by atoms with van der Waals surface area (Å²) in [6.45, 7) is 3.41. The lowest BCUT2D eigenvalue weighted by molar-refractivity contribution is -0.131. The predicted molar refractivity (Wildman–Crippen MR) is 125 cm³/mol. The van der Waals surface area contributed by atoms with E-state index in [1.807, 2.05) is 11.8 Å². The third-order valence-corrected chi connectivity index (χ3v) is 7.84. The zero-order chi connectivity index (χ0) is 26.2. The molecule has 1 aromatic carbocycles. The number of carbonyl (C=O) groups excluding carboxylic acids is 1. The smallest absolute Gasteiger partial charge is 0.312 e. The van der Waals surface area contributed by atoms with Crippen LogP contribution in [0.25, 0.3) is 0 Å². The number of rotatable bonds is 7. The van der Waals surface area contributed by atoms with Gasteiger partial charge in [-0.15, -0.1) is 0 Å². The number of anilines is 1. The first kappa shape index (κ1) is 26.2. The maximum atomic E-state index is 14.5. The second-order valence-electron chi connectivity index (χ2n) is 9.09. The van der Waals surface area contributed by atoms with E-state index in [0.29, 0.717) is 51.1 Å². The highest BCUT2D eigenvalue weighted by Crippen LogP contribution is 2.30. The van der Waals surface area contributed by atoms with Crippen molar-refractivity contribution in [1.82, 2.24) is 9.80 Å². The quantitative estimate of drug-likeness (QED) is 0.543. The molecule has 1 atom stereocenters. The van der Waals surface area contributed by atoms with Crippen LogP contribution in [0.5, 0.6) is 0 Å². The van der Waals surface area contributed by atoms with E-state index in [0.717, 1.165) is 24.0 Å². The number of likely N-dealkylation sites (tertiary alicyclic amines) is 2. The number of sulfone groups is 1. The van der Waals surface area contributed by atoms with Gasteiger partial charge in [0, 0.05) is 37.5 Å². The third kappa shape index (κ3) is 5.30. The second kappa shape index (κ2) is 10.3. The van der Waals surface area contributed by atoms with E-state index in [1.54, 1.807) is 4.90 Å². The Morgan fingerprint density at radius 1 is 1.14 bits per heavy atom. The molecule has 1 aromatic rings. The topological polar surface area (TPSA) is 91.3 Å². The van der Waals surface area contributed by atoms with Gasteiger partial charge >= 0.3 is 6.43 Å². The minimum Gasteiger partial charge on any atom is -0.472 e. The van der Waals surface area contributed by atoms with Gasteiger partial charge < -0.3 is 19.9 Å². The summed E-state index contributed by atoms with van der Waals surface area (Å²) < 4.78 is 83.4. The lowest BCUT2D eigenvalue weighted by atomic mass is 10.0. The molecule has 8 nitrogen and oxygen atoms in total. The number of nitrogens with one attached hydrogen (secondary N) is 1. The normalized spacial score (nSPS) is 21.8. The summed E-state index contributed by atoms with van der Waals surface area (Å²) in [6, 6.07) is 0.502. The van der Waals surface area contributed by atoms with Gasteiger partial charge in [0.2, 0.25) is 5.91 Å². The van der Waals surface area contributed by atoms with E-state index in [1.165, 1.54) is 0 Å². The first-order valence-electron chi connectivity index (χ1n) is 11.7. The van der Waals surface area contributed by atoms with Gasteiger partial charge in [-0.1, -0.05) is 6.92 Å². The monoisotopic (exact) mass is 532 g/mol. The van der Waals surface area contributed by atoms with Gasteiger partial charge in [0.05, 0.1) is 4.90 Å².